The fourth-order valence-corrected chi connectivity index (χ4v) is 3.96. The van der Waals surface area contributed by atoms with Crippen molar-refractivity contribution >= 4 is 15.8 Å². The van der Waals surface area contributed by atoms with Crippen LogP contribution in [0.25, 0.3) is 0 Å². The van der Waals surface area contributed by atoms with Crippen molar-refractivity contribution in [1.29, 1.82) is 0 Å². The van der Waals surface area contributed by atoms with Crippen LogP contribution in [0.1, 0.15) is 13.3 Å². The van der Waals surface area contributed by atoms with Gasteiger partial charge in [-0.25, -0.2) is 8.42 Å². The van der Waals surface area contributed by atoms with E-state index in [4.69, 9.17) is 5.11 Å². The van der Waals surface area contributed by atoms with E-state index in [0.717, 1.165) is 0 Å². The fraction of sp³-hybridized carbons (Fsp3) is 0.667. The molecular formula is C9H14O4S. The summed E-state index contributed by atoms with van der Waals surface area (Å²) in [5.74, 6) is -1.65. The molecule has 1 saturated heterocycles. The first-order chi connectivity index (χ1) is 6.34. The predicted molar refractivity (Wildman–Crippen MR) is 52.7 cm³/mol. The summed E-state index contributed by atoms with van der Waals surface area (Å²) < 4.78 is 22.5. The quantitative estimate of drug-likeness (QED) is 0.708. The van der Waals surface area contributed by atoms with Gasteiger partial charge in [-0.3, -0.25) is 4.79 Å². The Hall–Kier alpha value is -0.840. The summed E-state index contributed by atoms with van der Waals surface area (Å²) in [6.45, 7) is 5.22. The van der Waals surface area contributed by atoms with Crippen molar-refractivity contribution in [2.45, 2.75) is 13.3 Å². The van der Waals surface area contributed by atoms with Gasteiger partial charge in [0.15, 0.2) is 9.84 Å². The van der Waals surface area contributed by atoms with Gasteiger partial charge in [0.25, 0.3) is 0 Å². The second-order valence-corrected chi connectivity index (χ2v) is 6.01. The number of hydrogen-bond donors (Lipinski definition) is 1. The lowest BCUT2D eigenvalue weighted by atomic mass is 9.76. The molecule has 1 fully saturated rings. The van der Waals surface area contributed by atoms with Crippen LogP contribution in [0, 0.1) is 11.3 Å². The molecule has 0 aromatic carbocycles. The van der Waals surface area contributed by atoms with Crippen LogP contribution in [0.15, 0.2) is 12.7 Å². The average Bonchev–Trinajstić information content (AvgIpc) is 2.42. The maximum atomic E-state index is 11.3. The first kappa shape index (κ1) is 11.2. The molecule has 4 nitrogen and oxygen atoms in total. The van der Waals surface area contributed by atoms with Gasteiger partial charge in [0.05, 0.1) is 16.9 Å². The van der Waals surface area contributed by atoms with Crippen molar-refractivity contribution in [3.8, 4) is 0 Å². The van der Waals surface area contributed by atoms with E-state index in [-0.39, 0.29) is 23.8 Å². The summed E-state index contributed by atoms with van der Waals surface area (Å²) >= 11 is 0. The number of sulfone groups is 1. The van der Waals surface area contributed by atoms with Crippen molar-refractivity contribution in [1.82, 2.24) is 0 Å². The van der Waals surface area contributed by atoms with E-state index in [1.807, 2.05) is 0 Å². The third-order valence-corrected chi connectivity index (χ3v) is 4.77. The lowest BCUT2D eigenvalue weighted by Crippen LogP contribution is -2.37. The van der Waals surface area contributed by atoms with Crippen LogP contribution in [-0.2, 0) is 14.6 Å². The van der Waals surface area contributed by atoms with Gasteiger partial charge in [-0.15, -0.1) is 6.58 Å². The normalized spacial score (nSPS) is 32.4. The lowest BCUT2D eigenvalue weighted by molar-refractivity contribution is -0.149. The summed E-state index contributed by atoms with van der Waals surface area (Å²) in [4.78, 5) is 11.1. The summed E-state index contributed by atoms with van der Waals surface area (Å²) in [5, 5.41) is 9.09. The molecule has 5 heteroatoms. The van der Waals surface area contributed by atoms with Crippen LogP contribution >= 0.6 is 0 Å². The number of rotatable bonds is 3. The highest BCUT2D eigenvalue weighted by molar-refractivity contribution is 7.91. The van der Waals surface area contributed by atoms with Crippen LogP contribution in [0.5, 0.6) is 0 Å². The third-order valence-electron chi connectivity index (χ3n) is 2.99. The number of allylic oxidation sites excluding steroid dienone is 1. The first-order valence-electron chi connectivity index (χ1n) is 4.40. The van der Waals surface area contributed by atoms with E-state index in [9.17, 15) is 13.2 Å². The first-order valence-corrected chi connectivity index (χ1v) is 6.22. The summed E-state index contributed by atoms with van der Waals surface area (Å²) in [6.07, 6.45) is 1.70. The van der Waals surface area contributed by atoms with E-state index in [0.29, 0.717) is 0 Å². The van der Waals surface area contributed by atoms with Gasteiger partial charge in [0.1, 0.15) is 0 Å². The van der Waals surface area contributed by atoms with Crippen LogP contribution in [-0.4, -0.2) is 31.0 Å². The van der Waals surface area contributed by atoms with Gasteiger partial charge in [-0.1, -0.05) is 13.0 Å². The van der Waals surface area contributed by atoms with Crippen molar-refractivity contribution in [3.63, 3.8) is 0 Å². The molecule has 1 N–H and O–H groups in total. The fourth-order valence-electron chi connectivity index (χ4n) is 1.82. The van der Waals surface area contributed by atoms with Crippen LogP contribution in [0.2, 0.25) is 0 Å². The minimum atomic E-state index is -3.18. The Morgan fingerprint density at radius 3 is 2.50 bits per heavy atom. The number of aliphatic carboxylic acids is 1. The monoisotopic (exact) mass is 218 g/mol. The minimum Gasteiger partial charge on any atom is -0.481 e. The third kappa shape index (κ3) is 1.68. The summed E-state index contributed by atoms with van der Waals surface area (Å²) in [7, 11) is -3.18. The predicted octanol–water partition coefficient (Wildman–Crippen LogP) is 0.698. The van der Waals surface area contributed by atoms with Crippen LogP contribution < -0.4 is 0 Å². The standard InChI is InChI=1S/C9H14O4S/c1-3-7(2)9(8(10)11)4-5-14(12,13)6-9/h3,7H,1,4-6H2,2H3,(H,10,11). The number of carboxylic acids is 1. The van der Waals surface area contributed by atoms with Crippen molar-refractivity contribution < 1.29 is 18.3 Å². The lowest BCUT2D eigenvalue weighted by Gasteiger charge is -2.27. The second-order valence-electron chi connectivity index (χ2n) is 3.83. The molecule has 2 atom stereocenters. The maximum absolute atomic E-state index is 11.3. The SMILES string of the molecule is C=CC(C)C1(C(=O)O)CCS(=O)(=O)C1. The zero-order valence-corrected chi connectivity index (χ0v) is 8.88. The summed E-state index contributed by atoms with van der Waals surface area (Å²) in [5.41, 5.74) is -1.15. The molecule has 14 heavy (non-hydrogen) atoms. The zero-order valence-electron chi connectivity index (χ0n) is 8.06. The molecule has 0 bridgehead atoms. The number of carboxylic acid groups (broad SMARTS) is 1. The van der Waals surface area contributed by atoms with E-state index < -0.39 is 21.2 Å². The molecule has 2 unspecified atom stereocenters. The molecule has 0 radical (unpaired) electrons. The molecule has 80 valence electrons. The van der Waals surface area contributed by atoms with Gasteiger partial charge < -0.3 is 5.11 Å². The smallest absolute Gasteiger partial charge is 0.311 e. The molecule has 0 spiro atoms. The molecule has 1 rings (SSSR count). The Bertz CT molecular complexity index is 357. The molecule has 1 aliphatic rings. The van der Waals surface area contributed by atoms with Crippen molar-refractivity contribution in [2.75, 3.05) is 11.5 Å². The van der Waals surface area contributed by atoms with E-state index in [2.05, 4.69) is 6.58 Å². The molecule has 0 saturated carbocycles. The number of hydrogen-bond acceptors (Lipinski definition) is 3. The van der Waals surface area contributed by atoms with Crippen molar-refractivity contribution in [3.05, 3.63) is 12.7 Å². The minimum absolute atomic E-state index is 0.0303. The Morgan fingerprint density at radius 1 is 1.64 bits per heavy atom. The van der Waals surface area contributed by atoms with Crippen LogP contribution in [0.4, 0.5) is 0 Å². The van der Waals surface area contributed by atoms with Gasteiger partial charge >= 0.3 is 5.97 Å². The van der Waals surface area contributed by atoms with Gasteiger partial charge in [0.2, 0.25) is 0 Å². The molecule has 0 aliphatic carbocycles. The van der Waals surface area contributed by atoms with E-state index in [1.165, 1.54) is 6.08 Å². The molecule has 0 aromatic rings. The number of carbonyl (C=O) groups is 1. The van der Waals surface area contributed by atoms with E-state index in [1.54, 1.807) is 6.92 Å². The van der Waals surface area contributed by atoms with Gasteiger partial charge in [0, 0.05) is 0 Å². The van der Waals surface area contributed by atoms with Gasteiger partial charge in [-0.05, 0) is 12.3 Å². The maximum Gasteiger partial charge on any atom is 0.311 e. The molecular weight excluding hydrogens is 204 g/mol. The summed E-state index contributed by atoms with van der Waals surface area (Å²) in [6, 6.07) is 0. The highest BCUT2D eigenvalue weighted by Crippen LogP contribution is 2.40. The Balaban J connectivity index is 3.09. The largest absolute Gasteiger partial charge is 0.481 e. The van der Waals surface area contributed by atoms with E-state index >= 15 is 0 Å². The molecule has 1 heterocycles. The molecule has 0 amide bonds. The molecule has 1 aliphatic heterocycles. The Labute approximate surface area is 83.5 Å². The Kier molecular flexibility index (Phi) is 2.71. The molecule has 0 aromatic heterocycles. The van der Waals surface area contributed by atoms with Gasteiger partial charge in [-0.2, -0.15) is 0 Å². The zero-order chi connectivity index (χ0) is 11.0. The second kappa shape index (κ2) is 3.38. The topological polar surface area (TPSA) is 71.4 Å². The highest BCUT2D eigenvalue weighted by Gasteiger charge is 2.51. The van der Waals surface area contributed by atoms with Crippen LogP contribution in [0.3, 0.4) is 0 Å². The Morgan fingerprint density at radius 2 is 2.21 bits per heavy atom. The highest BCUT2D eigenvalue weighted by atomic mass is 32.2. The van der Waals surface area contributed by atoms with Crippen molar-refractivity contribution in [2.24, 2.45) is 11.3 Å². The average molecular weight is 218 g/mol.